The Morgan fingerprint density at radius 1 is 1.03 bits per heavy atom. The highest BCUT2D eigenvalue weighted by atomic mass is 32.2. The Morgan fingerprint density at radius 3 is 2.23 bits per heavy atom. The summed E-state index contributed by atoms with van der Waals surface area (Å²) in [7, 11) is -3.38. The molecule has 1 aliphatic heterocycles. The number of morpholine rings is 1. The van der Waals surface area contributed by atoms with E-state index in [1.165, 1.54) is 4.31 Å². The molecule has 0 unspecified atom stereocenters. The molecule has 1 saturated heterocycles. The van der Waals surface area contributed by atoms with Gasteiger partial charge < -0.3 is 14.8 Å². The van der Waals surface area contributed by atoms with E-state index in [1.54, 1.807) is 24.3 Å². The molecule has 3 rings (SSSR count). The summed E-state index contributed by atoms with van der Waals surface area (Å²) < 4.78 is 37.3. The van der Waals surface area contributed by atoms with Gasteiger partial charge in [-0.05, 0) is 49.2 Å². The summed E-state index contributed by atoms with van der Waals surface area (Å²) in [5.41, 5.74) is 2.11. The molecule has 30 heavy (non-hydrogen) atoms. The largest absolute Gasteiger partial charge is 0.491 e. The molecule has 0 radical (unpaired) electrons. The van der Waals surface area contributed by atoms with E-state index in [-0.39, 0.29) is 17.8 Å². The lowest BCUT2D eigenvalue weighted by Gasteiger charge is -2.26. The minimum atomic E-state index is -3.38. The molecule has 0 aromatic heterocycles. The van der Waals surface area contributed by atoms with Crippen LogP contribution in [-0.4, -0.2) is 51.0 Å². The van der Waals surface area contributed by atoms with E-state index >= 15 is 0 Å². The number of benzene rings is 2. The van der Waals surface area contributed by atoms with Crippen LogP contribution in [0.4, 0.5) is 0 Å². The van der Waals surface area contributed by atoms with Gasteiger partial charge in [-0.15, -0.1) is 0 Å². The molecule has 0 atom stereocenters. The number of carbonyl (C=O) groups excluding carboxylic acids is 1. The van der Waals surface area contributed by atoms with Crippen molar-refractivity contribution in [2.24, 2.45) is 0 Å². The summed E-state index contributed by atoms with van der Waals surface area (Å²) in [6, 6.07) is 14.3. The van der Waals surface area contributed by atoms with E-state index in [1.807, 2.05) is 38.1 Å². The van der Waals surface area contributed by atoms with Gasteiger partial charge in [-0.25, -0.2) is 8.42 Å². The maximum Gasteiger partial charge on any atom is 0.251 e. The first-order valence-corrected chi connectivity index (χ1v) is 11.6. The maximum absolute atomic E-state index is 12.5. The van der Waals surface area contributed by atoms with Gasteiger partial charge in [-0.1, -0.05) is 24.3 Å². The molecule has 0 spiro atoms. The Labute approximate surface area is 178 Å². The smallest absolute Gasteiger partial charge is 0.251 e. The lowest BCUT2D eigenvalue weighted by molar-refractivity contribution is 0.0729. The Balaban J connectivity index is 1.53. The van der Waals surface area contributed by atoms with Gasteiger partial charge in [0, 0.05) is 25.2 Å². The molecular formula is C22H28N2O5S. The van der Waals surface area contributed by atoms with Crippen molar-refractivity contribution < 1.29 is 22.7 Å². The van der Waals surface area contributed by atoms with Gasteiger partial charge in [0.15, 0.2) is 0 Å². The third-order valence-electron chi connectivity index (χ3n) is 4.68. The van der Waals surface area contributed by atoms with Crippen LogP contribution >= 0.6 is 0 Å². The fourth-order valence-electron chi connectivity index (χ4n) is 3.12. The molecule has 1 aliphatic rings. The van der Waals surface area contributed by atoms with Crippen LogP contribution in [0.25, 0.3) is 0 Å². The number of carbonyl (C=O) groups is 1. The normalized spacial score (nSPS) is 15.2. The fraction of sp³-hybridized carbons (Fsp3) is 0.409. The zero-order chi connectivity index (χ0) is 21.6. The zero-order valence-corrected chi connectivity index (χ0v) is 18.2. The van der Waals surface area contributed by atoms with Gasteiger partial charge in [0.05, 0.1) is 25.1 Å². The average Bonchev–Trinajstić information content (AvgIpc) is 2.73. The van der Waals surface area contributed by atoms with Gasteiger partial charge in [0.1, 0.15) is 5.75 Å². The van der Waals surface area contributed by atoms with Crippen molar-refractivity contribution in [1.82, 2.24) is 9.62 Å². The van der Waals surface area contributed by atoms with Crippen LogP contribution in [0.1, 0.15) is 35.3 Å². The van der Waals surface area contributed by atoms with E-state index in [2.05, 4.69) is 5.32 Å². The second kappa shape index (κ2) is 10.1. The van der Waals surface area contributed by atoms with Crippen LogP contribution in [0, 0.1) is 0 Å². The quantitative estimate of drug-likeness (QED) is 0.693. The van der Waals surface area contributed by atoms with Crippen molar-refractivity contribution in [3.8, 4) is 5.75 Å². The third kappa shape index (κ3) is 6.29. The molecule has 1 amide bonds. The number of hydrogen-bond donors (Lipinski definition) is 1. The number of nitrogens with one attached hydrogen (secondary N) is 1. The molecule has 7 nitrogen and oxygen atoms in total. The average molecular weight is 433 g/mol. The highest BCUT2D eigenvalue weighted by Crippen LogP contribution is 2.15. The third-order valence-corrected chi connectivity index (χ3v) is 6.53. The molecule has 0 bridgehead atoms. The van der Waals surface area contributed by atoms with E-state index in [4.69, 9.17) is 9.47 Å². The molecule has 0 aliphatic carbocycles. The van der Waals surface area contributed by atoms with E-state index in [0.717, 1.165) is 11.3 Å². The van der Waals surface area contributed by atoms with Crippen molar-refractivity contribution in [3.63, 3.8) is 0 Å². The van der Waals surface area contributed by atoms with Crippen LogP contribution in [-0.2, 0) is 27.1 Å². The minimum Gasteiger partial charge on any atom is -0.491 e. The van der Waals surface area contributed by atoms with Crippen molar-refractivity contribution in [3.05, 3.63) is 65.2 Å². The number of hydrogen-bond acceptors (Lipinski definition) is 5. The monoisotopic (exact) mass is 432 g/mol. The maximum atomic E-state index is 12.5. The number of sulfonamides is 1. The summed E-state index contributed by atoms with van der Waals surface area (Å²) in [6.07, 6.45) is 0.113. The number of amides is 1. The van der Waals surface area contributed by atoms with Gasteiger partial charge in [0.2, 0.25) is 10.0 Å². The highest BCUT2D eigenvalue weighted by molar-refractivity contribution is 7.88. The highest BCUT2D eigenvalue weighted by Gasteiger charge is 2.24. The van der Waals surface area contributed by atoms with Crippen molar-refractivity contribution in [2.45, 2.75) is 32.2 Å². The molecule has 1 N–H and O–H groups in total. The Morgan fingerprint density at radius 2 is 1.63 bits per heavy atom. The Bertz CT molecular complexity index is 934. The molecule has 2 aromatic rings. The van der Waals surface area contributed by atoms with E-state index in [0.29, 0.717) is 44.0 Å². The number of rotatable bonds is 8. The lowest BCUT2D eigenvalue weighted by atomic mass is 10.1. The molecule has 2 aromatic carbocycles. The van der Waals surface area contributed by atoms with Gasteiger partial charge in [-0.2, -0.15) is 4.31 Å². The number of nitrogens with zero attached hydrogens (tertiary/aromatic N) is 1. The van der Waals surface area contributed by atoms with Crippen LogP contribution in [0.3, 0.4) is 0 Å². The topological polar surface area (TPSA) is 84.9 Å². The first-order valence-electron chi connectivity index (χ1n) is 10.0. The minimum absolute atomic E-state index is 0.0836. The van der Waals surface area contributed by atoms with Crippen LogP contribution < -0.4 is 10.1 Å². The van der Waals surface area contributed by atoms with Crippen molar-refractivity contribution in [2.75, 3.05) is 26.3 Å². The predicted molar refractivity (Wildman–Crippen MR) is 115 cm³/mol. The van der Waals surface area contributed by atoms with Crippen molar-refractivity contribution in [1.29, 1.82) is 0 Å². The Hall–Kier alpha value is -2.42. The SMILES string of the molecule is CC(C)Oc1ccc(CNC(=O)c2ccc(CS(=O)(=O)N3CCOCC3)cc2)cc1. The summed E-state index contributed by atoms with van der Waals surface area (Å²) in [5, 5.41) is 2.87. The van der Waals surface area contributed by atoms with Crippen LogP contribution in [0.15, 0.2) is 48.5 Å². The van der Waals surface area contributed by atoms with Gasteiger partial charge in [0.25, 0.3) is 5.91 Å². The predicted octanol–water partition coefficient (Wildman–Crippen LogP) is 2.57. The van der Waals surface area contributed by atoms with E-state index in [9.17, 15) is 13.2 Å². The summed E-state index contributed by atoms with van der Waals surface area (Å²) in [5.74, 6) is 0.502. The molecule has 162 valence electrons. The zero-order valence-electron chi connectivity index (χ0n) is 17.3. The van der Waals surface area contributed by atoms with Crippen LogP contribution in [0.2, 0.25) is 0 Å². The lowest BCUT2D eigenvalue weighted by Crippen LogP contribution is -2.41. The Kier molecular flexibility index (Phi) is 7.47. The van der Waals surface area contributed by atoms with Crippen LogP contribution in [0.5, 0.6) is 5.75 Å². The molecule has 0 saturated carbocycles. The molecular weight excluding hydrogens is 404 g/mol. The summed E-state index contributed by atoms with van der Waals surface area (Å²) in [6.45, 7) is 5.95. The molecule has 1 heterocycles. The summed E-state index contributed by atoms with van der Waals surface area (Å²) in [4.78, 5) is 12.4. The fourth-order valence-corrected chi connectivity index (χ4v) is 4.62. The summed E-state index contributed by atoms with van der Waals surface area (Å²) >= 11 is 0. The molecule has 8 heteroatoms. The first kappa shape index (κ1) is 22.3. The second-order valence-electron chi connectivity index (χ2n) is 7.46. The van der Waals surface area contributed by atoms with Gasteiger partial charge in [-0.3, -0.25) is 4.79 Å². The van der Waals surface area contributed by atoms with E-state index < -0.39 is 10.0 Å². The van der Waals surface area contributed by atoms with Crippen molar-refractivity contribution >= 4 is 15.9 Å². The number of ether oxygens (including phenoxy) is 2. The standard InChI is InChI=1S/C22H28N2O5S/c1-17(2)29-21-9-5-18(6-10-21)15-23-22(25)20-7-3-19(4-8-20)16-30(26,27)24-11-13-28-14-12-24/h3-10,17H,11-16H2,1-2H3,(H,23,25). The van der Waals surface area contributed by atoms with Gasteiger partial charge >= 0.3 is 0 Å². The molecule has 1 fully saturated rings. The first-order chi connectivity index (χ1) is 14.3. The second-order valence-corrected chi connectivity index (χ2v) is 9.43.